The van der Waals surface area contributed by atoms with Crippen LogP contribution in [0.25, 0.3) is 0 Å². The minimum Gasteiger partial charge on any atom is -0.480 e. The molecule has 2 atom stereocenters. The molecule has 0 heterocycles. The lowest BCUT2D eigenvalue weighted by molar-refractivity contribution is -0.140. The van der Waals surface area contributed by atoms with Gasteiger partial charge in [-0.1, -0.05) is 11.8 Å². The summed E-state index contributed by atoms with van der Waals surface area (Å²) in [5.74, 6) is -1.64. The molecule has 0 aromatic rings. The normalized spacial score (nSPS) is 14.1. The smallest absolute Gasteiger partial charge is 0.327 e. The first-order chi connectivity index (χ1) is 6.84. The van der Waals surface area contributed by atoms with Crippen molar-refractivity contribution >= 4 is 28.8 Å². The van der Waals surface area contributed by atoms with E-state index in [2.05, 4.69) is 5.32 Å². The summed E-state index contributed by atoms with van der Waals surface area (Å²) in [4.78, 5) is 32.4. The summed E-state index contributed by atoms with van der Waals surface area (Å²) in [6, 6.07) is -1.70. The number of carbonyl (C=O) groups excluding carboxylic acids is 2. The van der Waals surface area contributed by atoms with Gasteiger partial charge in [0.25, 0.3) is 0 Å². The Morgan fingerprint density at radius 2 is 2.00 bits per heavy atom. The van der Waals surface area contributed by atoms with Crippen LogP contribution < -0.4 is 11.1 Å². The lowest BCUT2D eigenvalue weighted by Gasteiger charge is -2.12. The van der Waals surface area contributed by atoms with E-state index in [0.717, 1.165) is 11.8 Å². The molecule has 0 saturated carbocycles. The van der Waals surface area contributed by atoms with Crippen LogP contribution >= 0.6 is 11.8 Å². The average molecular weight is 234 g/mol. The fourth-order valence-corrected chi connectivity index (χ4v) is 1.54. The zero-order chi connectivity index (χ0) is 12.0. The van der Waals surface area contributed by atoms with Gasteiger partial charge in [0.1, 0.15) is 6.04 Å². The molecule has 0 radical (unpaired) electrons. The Kier molecular flexibility index (Phi) is 5.95. The molecule has 6 nitrogen and oxygen atoms in total. The van der Waals surface area contributed by atoms with E-state index < -0.39 is 24.0 Å². The highest BCUT2D eigenvalue weighted by Gasteiger charge is 2.20. The zero-order valence-corrected chi connectivity index (χ0v) is 9.34. The van der Waals surface area contributed by atoms with Gasteiger partial charge in [-0.25, -0.2) is 4.79 Å². The molecule has 1 amide bonds. The topological polar surface area (TPSA) is 109 Å². The van der Waals surface area contributed by atoms with Gasteiger partial charge in [-0.05, 0) is 6.92 Å². The van der Waals surface area contributed by atoms with Crippen molar-refractivity contribution in [3.63, 3.8) is 0 Å². The Bertz CT molecular complexity index is 267. The second-order valence-corrected chi connectivity index (χ2v) is 4.03. The Morgan fingerprint density at radius 3 is 2.33 bits per heavy atom. The third kappa shape index (κ3) is 6.08. The zero-order valence-electron chi connectivity index (χ0n) is 8.52. The number of nitrogens with two attached hydrogens (primary N) is 1. The van der Waals surface area contributed by atoms with Gasteiger partial charge in [0.15, 0.2) is 0 Å². The molecular weight excluding hydrogens is 220 g/mol. The maximum atomic E-state index is 11.1. The molecule has 0 aliphatic carbocycles. The molecule has 0 aliphatic rings. The minimum absolute atomic E-state index is 0.0186. The van der Waals surface area contributed by atoms with Crippen molar-refractivity contribution in [2.24, 2.45) is 5.73 Å². The predicted molar refractivity (Wildman–Crippen MR) is 56.4 cm³/mol. The molecule has 0 bridgehead atoms. The molecule has 0 aliphatic heterocycles. The number of carboxylic acids is 1. The van der Waals surface area contributed by atoms with E-state index in [4.69, 9.17) is 10.8 Å². The molecule has 0 aromatic heterocycles. The number of aliphatic carboxylic acids is 1. The van der Waals surface area contributed by atoms with Crippen molar-refractivity contribution in [3.8, 4) is 0 Å². The molecule has 15 heavy (non-hydrogen) atoms. The van der Waals surface area contributed by atoms with E-state index in [-0.39, 0.29) is 10.9 Å². The Hall–Kier alpha value is -1.08. The van der Waals surface area contributed by atoms with Crippen LogP contribution in [0.5, 0.6) is 0 Å². The summed E-state index contributed by atoms with van der Waals surface area (Å²) >= 11 is 0.803. The molecule has 0 rings (SSSR count). The van der Waals surface area contributed by atoms with E-state index >= 15 is 0 Å². The lowest BCUT2D eigenvalue weighted by atomic mass is 10.3. The minimum atomic E-state index is -1.17. The summed E-state index contributed by atoms with van der Waals surface area (Å²) in [6.07, 6.45) is 0. The van der Waals surface area contributed by atoms with E-state index in [1.165, 1.54) is 13.8 Å². The predicted octanol–water partition coefficient (Wildman–Crippen LogP) is -0.817. The van der Waals surface area contributed by atoms with Crippen LogP contribution in [0.3, 0.4) is 0 Å². The molecule has 0 saturated heterocycles. The van der Waals surface area contributed by atoms with Crippen molar-refractivity contribution in [2.75, 3.05) is 5.75 Å². The summed E-state index contributed by atoms with van der Waals surface area (Å²) < 4.78 is 0. The van der Waals surface area contributed by atoms with Crippen molar-refractivity contribution < 1.29 is 19.5 Å². The quantitative estimate of drug-likeness (QED) is 0.573. The second kappa shape index (κ2) is 6.41. The molecule has 0 spiro atoms. The van der Waals surface area contributed by atoms with Gasteiger partial charge in [0.2, 0.25) is 11.0 Å². The molecule has 4 N–H and O–H groups in total. The number of hydrogen-bond donors (Lipinski definition) is 3. The molecule has 0 unspecified atom stereocenters. The van der Waals surface area contributed by atoms with Crippen LogP contribution in [-0.4, -0.2) is 39.9 Å². The number of rotatable bonds is 5. The number of amides is 1. The standard InChI is InChI=1S/C8H14N2O4S/c1-4(9)8(14)15-3-6(7(12)13)10-5(2)11/h4,6H,3,9H2,1-2H3,(H,10,11)(H,12,13)/t4-,6-/m0/s1. The Morgan fingerprint density at radius 1 is 1.47 bits per heavy atom. The number of nitrogens with one attached hydrogen (secondary N) is 1. The number of thioether (sulfide) groups is 1. The third-order valence-corrected chi connectivity index (χ3v) is 2.60. The highest BCUT2D eigenvalue weighted by molar-refractivity contribution is 8.13. The average Bonchev–Trinajstić information content (AvgIpc) is 2.10. The summed E-state index contributed by atoms with van der Waals surface area (Å²) in [6.45, 7) is 2.73. The van der Waals surface area contributed by atoms with Crippen molar-refractivity contribution in [1.29, 1.82) is 0 Å². The monoisotopic (exact) mass is 234 g/mol. The first-order valence-electron chi connectivity index (χ1n) is 4.26. The van der Waals surface area contributed by atoms with Gasteiger partial charge < -0.3 is 16.2 Å². The van der Waals surface area contributed by atoms with Crippen LogP contribution in [0.2, 0.25) is 0 Å². The van der Waals surface area contributed by atoms with E-state index in [9.17, 15) is 14.4 Å². The molecule has 7 heteroatoms. The Balaban J connectivity index is 4.13. The third-order valence-electron chi connectivity index (χ3n) is 1.44. The fraction of sp³-hybridized carbons (Fsp3) is 0.625. The van der Waals surface area contributed by atoms with Crippen LogP contribution in [0.1, 0.15) is 13.8 Å². The van der Waals surface area contributed by atoms with Gasteiger partial charge in [0.05, 0.1) is 6.04 Å². The van der Waals surface area contributed by atoms with Crippen molar-refractivity contribution in [1.82, 2.24) is 5.32 Å². The Labute approximate surface area is 91.6 Å². The van der Waals surface area contributed by atoms with E-state index in [1.54, 1.807) is 0 Å². The van der Waals surface area contributed by atoms with Gasteiger partial charge in [-0.15, -0.1) is 0 Å². The number of hydrogen-bond acceptors (Lipinski definition) is 5. The maximum Gasteiger partial charge on any atom is 0.327 e. The molecular formula is C8H14N2O4S. The maximum absolute atomic E-state index is 11.1. The van der Waals surface area contributed by atoms with Crippen molar-refractivity contribution in [2.45, 2.75) is 25.9 Å². The molecule has 0 fully saturated rings. The van der Waals surface area contributed by atoms with E-state index in [0.29, 0.717) is 0 Å². The van der Waals surface area contributed by atoms with Gasteiger partial charge >= 0.3 is 5.97 Å². The van der Waals surface area contributed by atoms with E-state index in [1.807, 2.05) is 0 Å². The summed E-state index contributed by atoms with van der Waals surface area (Å²) in [5, 5.41) is 10.6. The first-order valence-corrected chi connectivity index (χ1v) is 5.25. The van der Waals surface area contributed by atoms with Gasteiger partial charge in [-0.3, -0.25) is 9.59 Å². The second-order valence-electron chi connectivity index (χ2n) is 3.01. The van der Waals surface area contributed by atoms with Crippen LogP contribution in [-0.2, 0) is 14.4 Å². The fourth-order valence-electron chi connectivity index (χ4n) is 0.717. The van der Waals surface area contributed by atoms with Gasteiger partial charge in [-0.2, -0.15) is 0 Å². The number of carbonyl (C=O) groups is 3. The van der Waals surface area contributed by atoms with Crippen LogP contribution in [0.4, 0.5) is 0 Å². The van der Waals surface area contributed by atoms with Crippen molar-refractivity contribution in [3.05, 3.63) is 0 Å². The number of carboxylic acid groups (broad SMARTS) is 1. The van der Waals surface area contributed by atoms with Crippen LogP contribution in [0.15, 0.2) is 0 Å². The first kappa shape index (κ1) is 13.9. The summed E-state index contributed by atoms with van der Waals surface area (Å²) in [5.41, 5.74) is 5.29. The SMILES string of the molecule is CC(=O)N[C@@H](CSC(=O)[C@H](C)N)C(=O)O. The highest BCUT2D eigenvalue weighted by Crippen LogP contribution is 2.07. The lowest BCUT2D eigenvalue weighted by Crippen LogP contribution is -2.42. The highest BCUT2D eigenvalue weighted by atomic mass is 32.2. The summed E-state index contributed by atoms with van der Waals surface area (Å²) in [7, 11) is 0. The van der Waals surface area contributed by atoms with Gasteiger partial charge in [0, 0.05) is 12.7 Å². The van der Waals surface area contributed by atoms with Crippen LogP contribution in [0, 0.1) is 0 Å². The largest absolute Gasteiger partial charge is 0.480 e. The molecule has 86 valence electrons. The molecule has 0 aromatic carbocycles.